The van der Waals surface area contributed by atoms with Gasteiger partial charge in [-0.15, -0.1) is 11.8 Å². The molecule has 0 amide bonds. The average Bonchev–Trinajstić information content (AvgIpc) is 2.30. The van der Waals surface area contributed by atoms with Crippen LogP contribution in [0, 0.1) is 5.92 Å². The lowest BCUT2D eigenvalue weighted by Crippen LogP contribution is -2.18. The lowest BCUT2D eigenvalue weighted by atomic mass is 10.1. The van der Waals surface area contributed by atoms with Gasteiger partial charge in [-0.1, -0.05) is 13.8 Å². The Morgan fingerprint density at radius 1 is 1.41 bits per heavy atom. The number of halogens is 1. The van der Waals surface area contributed by atoms with E-state index in [0.717, 1.165) is 34.3 Å². The van der Waals surface area contributed by atoms with Crippen molar-refractivity contribution < 1.29 is 0 Å². The molecule has 0 bridgehead atoms. The number of pyridine rings is 1. The SMILES string of the molecule is CC(C)CCCNCCSc1ncccc1Br. The zero-order valence-electron chi connectivity index (χ0n) is 10.6. The number of thioether (sulfide) groups is 1. The van der Waals surface area contributed by atoms with Gasteiger partial charge >= 0.3 is 0 Å². The number of aromatic nitrogens is 1. The molecule has 17 heavy (non-hydrogen) atoms. The van der Waals surface area contributed by atoms with E-state index < -0.39 is 0 Å². The van der Waals surface area contributed by atoms with Gasteiger partial charge in [0.2, 0.25) is 0 Å². The fourth-order valence-corrected chi connectivity index (χ4v) is 2.84. The topological polar surface area (TPSA) is 24.9 Å². The van der Waals surface area contributed by atoms with E-state index in [2.05, 4.69) is 40.1 Å². The maximum atomic E-state index is 4.32. The van der Waals surface area contributed by atoms with Crippen molar-refractivity contribution in [3.8, 4) is 0 Å². The third-order valence-corrected chi connectivity index (χ3v) is 4.29. The molecule has 0 aliphatic heterocycles. The van der Waals surface area contributed by atoms with Gasteiger partial charge in [-0.25, -0.2) is 4.98 Å². The fourth-order valence-electron chi connectivity index (χ4n) is 1.46. The molecule has 1 rings (SSSR count). The second-order valence-corrected chi connectivity index (χ2v) is 6.36. The predicted octanol–water partition coefficient (Wildman–Crippen LogP) is 3.96. The Bertz CT molecular complexity index is 318. The summed E-state index contributed by atoms with van der Waals surface area (Å²) in [4.78, 5) is 4.32. The van der Waals surface area contributed by atoms with Gasteiger partial charge in [-0.05, 0) is 53.4 Å². The molecule has 0 aliphatic rings. The van der Waals surface area contributed by atoms with Gasteiger partial charge < -0.3 is 5.32 Å². The minimum absolute atomic E-state index is 0.815. The molecule has 96 valence electrons. The van der Waals surface area contributed by atoms with E-state index in [-0.39, 0.29) is 0 Å². The molecule has 0 spiro atoms. The van der Waals surface area contributed by atoms with Crippen LogP contribution in [0.25, 0.3) is 0 Å². The first-order valence-corrected chi connectivity index (χ1v) is 7.92. The summed E-state index contributed by atoms with van der Waals surface area (Å²) in [5.41, 5.74) is 0. The van der Waals surface area contributed by atoms with Crippen molar-refractivity contribution in [3.05, 3.63) is 22.8 Å². The second-order valence-electron chi connectivity index (χ2n) is 4.42. The molecule has 0 radical (unpaired) electrons. The predicted molar refractivity (Wildman–Crippen MR) is 79.6 cm³/mol. The number of nitrogens with zero attached hydrogens (tertiary/aromatic N) is 1. The van der Waals surface area contributed by atoms with Gasteiger partial charge in [0.05, 0.1) is 0 Å². The molecular weight excluding hydrogens is 296 g/mol. The summed E-state index contributed by atoms with van der Waals surface area (Å²) < 4.78 is 1.09. The maximum Gasteiger partial charge on any atom is 0.110 e. The minimum Gasteiger partial charge on any atom is -0.316 e. The van der Waals surface area contributed by atoms with Crippen LogP contribution >= 0.6 is 27.7 Å². The molecule has 0 unspecified atom stereocenters. The van der Waals surface area contributed by atoms with E-state index in [9.17, 15) is 0 Å². The highest BCUT2D eigenvalue weighted by Crippen LogP contribution is 2.23. The van der Waals surface area contributed by atoms with Gasteiger partial charge in [0.15, 0.2) is 0 Å². The first kappa shape index (κ1) is 15.0. The molecule has 1 aromatic heterocycles. The Kier molecular flexibility index (Phi) is 7.90. The van der Waals surface area contributed by atoms with E-state index in [0.29, 0.717) is 0 Å². The number of nitrogens with one attached hydrogen (secondary N) is 1. The van der Waals surface area contributed by atoms with Gasteiger partial charge in [0.1, 0.15) is 5.03 Å². The standard InChI is InChI=1S/C13H21BrN2S/c1-11(2)5-3-7-15-9-10-17-13-12(14)6-4-8-16-13/h4,6,8,11,15H,3,5,7,9-10H2,1-2H3. The van der Waals surface area contributed by atoms with Gasteiger partial charge in [-0.3, -0.25) is 0 Å². The molecule has 2 nitrogen and oxygen atoms in total. The molecular formula is C13H21BrN2S. The molecule has 0 atom stereocenters. The summed E-state index contributed by atoms with van der Waals surface area (Å²) in [6.07, 6.45) is 4.42. The first-order chi connectivity index (χ1) is 8.20. The summed E-state index contributed by atoms with van der Waals surface area (Å²) in [7, 11) is 0. The van der Waals surface area contributed by atoms with E-state index in [4.69, 9.17) is 0 Å². The van der Waals surface area contributed by atoms with Crippen molar-refractivity contribution in [1.82, 2.24) is 10.3 Å². The largest absolute Gasteiger partial charge is 0.316 e. The van der Waals surface area contributed by atoms with Crippen molar-refractivity contribution in [2.75, 3.05) is 18.8 Å². The van der Waals surface area contributed by atoms with E-state index in [1.807, 2.05) is 18.3 Å². The quantitative estimate of drug-likeness (QED) is 0.580. The molecule has 1 aromatic rings. The molecule has 0 saturated heterocycles. The maximum absolute atomic E-state index is 4.32. The van der Waals surface area contributed by atoms with Crippen LogP contribution in [0.4, 0.5) is 0 Å². The number of rotatable bonds is 8. The zero-order chi connectivity index (χ0) is 12.5. The Morgan fingerprint density at radius 3 is 2.94 bits per heavy atom. The Labute approximate surface area is 117 Å². The van der Waals surface area contributed by atoms with Crippen molar-refractivity contribution in [2.24, 2.45) is 5.92 Å². The summed E-state index contributed by atoms with van der Waals surface area (Å²) in [6, 6.07) is 3.98. The summed E-state index contributed by atoms with van der Waals surface area (Å²) in [5, 5.41) is 4.55. The van der Waals surface area contributed by atoms with Crippen LogP contribution in [0.3, 0.4) is 0 Å². The van der Waals surface area contributed by atoms with Crippen molar-refractivity contribution in [2.45, 2.75) is 31.7 Å². The first-order valence-electron chi connectivity index (χ1n) is 6.14. The highest BCUT2D eigenvalue weighted by molar-refractivity contribution is 9.10. The molecule has 0 fully saturated rings. The average molecular weight is 317 g/mol. The molecule has 1 N–H and O–H groups in total. The van der Waals surface area contributed by atoms with Crippen LogP contribution in [0.2, 0.25) is 0 Å². The van der Waals surface area contributed by atoms with E-state index in [1.54, 1.807) is 11.8 Å². The number of hydrogen-bond donors (Lipinski definition) is 1. The van der Waals surface area contributed by atoms with Gasteiger partial charge in [0, 0.05) is 23.0 Å². The molecule has 1 heterocycles. The normalized spacial score (nSPS) is 11.1. The van der Waals surface area contributed by atoms with Crippen molar-refractivity contribution in [3.63, 3.8) is 0 Å². The minimum atomic E-state index is 0.815. The van der Waals surface area contributed by atoms with Crippen LogP contribution in [-0.4, -0.2) is 23.8 Å². The third-order valence-electron chi connectivity index (χ3n) is 2.38. The molecule has 0 aliphatic carbocycles. The van der Waals surface area contributed by atoms with Crippen LogP contribution < -0.4 is 5.32 Å². The van der Waals surface area contributed by atoms with Crippen LogP contribution in [0.1, 0.15) is 26.7 Å². The van der Waals surface area contributed by atoms with Gasteiger partial charge in [0.25, 0.3) is 0 Å². The molecule has 4 heteroatoms. The van der Waals surface area contributed by atoms with E-state index in [1.165, 1.54) is 12.8 Å². The zero-order valence-corrected chi connectivity index (χ0v) is 13.0. The Balaban J connectivity index is 2.03. The second kappa shape index (κ2) is 8.95. The highest BCUT2D eigenvalue weighted by atomic mass is 79.9. The molecule has 0 aromatic carbocycles. The van der Waals surface area contributed by atoms with Crippen molar-refractivity contribution in [1.29, 1.82) is 0 Å². The van der Waals surface area contributed by atoms with Crippen LogP contribution in [-0.2, 0) is 0 Å². The summed E-state index contributed by atoms with van der Waals surface area (Å²) in [6.45, 7) is 6.72. The van der Waals surface area contributed by atoms with E-state index >= 15 is 0 Å². The van der Waals surface area contributed by atoms with Crippen LogP contribution in [0.15, 0.2) is 27.8 Å². The number of hydrogen-bond acceptors (Lipinski definition) is 3. The van der Waals surface area contributed by atoms with Gasteiger partial charge in [-0.2, -0.15) is 0 Å². The lowest BCUT2D eigenvalue weighted by Gasteiger charge is -2.06. The summed E-state index contributed by atoms with van der Waals surface area (Å²) in [5.74, 6) is 1.88. The smallest absolute Gasteiger partial charge is 0.110 e. The third kappa shape index (κ3) is 7.06. The Hall–Kier alpha value is -0.0600. The fraction of sp³-hybridized carbons (Fsp3) is 0.615. The van der Waals surface area contributed by atoms with Crippen molar-refractivity contribution >= 4 is 27.7 Å². The Morgan fingerprint density at radius 2 is 2.24 bits per heavy atom. The lowest BCUT2D eigenvalue weighted by molar-refractivity contribution is 0.534. The van der Waals surface area contributed by atoms with Crippen LogP contribution in [0.5, 0.6) is 0 Å². The highest BCUT2D eigenvalue weighted by Gasteiger charge is 2.00. The summed E-state index contributed by atoms with van der Waals surface area (Å²) >= 11 is 5.29. The monoisotopic (exact) mass is 316 g/mol. The molecule has 0 saturated carbocycles.